The maximum atomic E-state index is 11.1. The van der Waals surface area contributed by atoms with Crippen LogP contribution in [0.1, 0.15) is 16.7 Å². The van der Waals surface area contributed by atoms with Gasteiger partial charge in [0.05, 0.1) is 28.0 Å². The number of anilines is 2. The van der Waals surface area contributed by atoms with Crippen LogP contribution in [0.4, 0.5) is 17.1 Å². The van der Waals surface area contributed by atoms with Crippen molar-refractivity contribution in [2.45, 2.75) is 0 Å². The second-order valence-corrected chi connectivity index (χ2v) is 5.91. The molecule has 29 heavy (non-hydrogen) atoms. The van der Waals surface area contributed by atoms with Gasteiger partial charge in [-0.15, -0.1) is 0 Å². The number of hydrazone groups is 1. The quantitative estimate of drug-likeness (QED) is 0.295. The van der Waals surface area contributed by atoms with E-state index in [1.165, 1.54) is 18.3 Å². The van der Waals surface area contributed by atoms with Crippen LogP contribution in [-0.4, -0.2) is 11.1 Å². The Bertz CT molecular complexity index is 1190. The summed E-state index contributed by atoms with van der Waals surface area (Å²) >= 11 is 0. The summed E-state index contributed by atoms with van der Waals surface area (Å²) in [5.74, 6) is 0. The van der Waals surface area contributed by atoms with Crippen molar-refractivity contribution in [1.82, 2.24) is 0 Å². The average molecular weight is 382 g/mol. The fraction of sp³-hybridized carbons (Fsp3) is 0. The largest absolute Gasteiger partial charge is 0.397 e. The Morgan fingerprint density at radius 3 is 2.34 bits per heavy atom. The minimum atomic E-state index is -0.522. The standard InChI is InChI=1S/C21H14N6O2/c22-11-17-15(13-25-26-19-8-4-5-9-20(19)27(28)29)10-16(18(12-23)21(17)24)14-6-2-1-3-7-14/h1-10,13,26H,24H2/b25-13+. The van der Waals surface area contributed by atoms with Gasteiger partial charge in [0.25, 0.3) is 5.69 Å². The monoisotopic (exact) mass is 382 g/mol. The van der Waals surface area contributed by atoms with Crippen LogP contribution in [0.3, 0.4) is 0 Å². The zero-order chi connectivity index (χ0) is 20.8. The van der Waals surface area contributed by atoms with Crippen LogP contribution in [0, 0.1) is 32.8 Å². The van der Waals surface area contributed by atoms with Crippen LogP contribution in [0.15, 0.2) is 65.8 Å². The lowest BCUT2D eigenvalue weighted by Crippen LogP contribution is -2.03. The Hall–Kier alpha value is -4.69. The number of nitro groups is 1. The lowest BCUT2D eigenvalue weighted by atomic mass is 9.93. The van der Waals surface area contributed by atoms with E-state index in [-0.39, 0.29) is 28.2 Å². The van der Waals surface area contributed by atoms with Gasteiger partial charge in [-0.25, -0.2) is 0 Å². The molecule has 3 aromatic rings. The first-order valence-electron chi connectivity index (χ1n) is 8.41. The molecule has 3 aromatic carbocycles. The number of rotatable bonds is 5. The van der Waals surface area contributed by atoms with Crippen LogP contribution >= 0.6 is 0 Å². The molecule has 0 atom stereocenters. The summed E-state index contributed by atoms with van der Waals surface area (Å²) in [6.07, 6.45) is 1.35. The first-order chi connectivity index (χ1) is 14.1. The third-order valence-electron chi connectivity index (χ3n) is 4.19. The molecule has 0 heterocycles. The number of benzene rings is 3. The van der Waals surface area contributed by atoms with Crippen molar-refractivity contribution in [2.24, 2.45) is 5.10 Å². The normalized spacial score (nSPS) is 10.3. The zero-order valence-corrected chi connectivity index (χ0v) is 15.0. The van der Waals surface area contributed by atoms with Crippen molar-refractivity contribution in [3.05, 3.63) is 87.5 Å². The maximum Gasteiger partial charge on any atom is 0.294 e. The molecule has 0 aliphatic heterocycles. The van der Waals surface area contributed by atoms with Gasteiger partial charge in [0.1, 0.15) is 17.8 Å². The number of nitrogen functional groups attached to an aromatic ring is 1. The summed E-state index contributed by atoms with van der Waals surface area (Å²) in [6, 6.07) is 20.9. The van der Waals surface area contributed by atoms with E-state index in [1.807, 2.05) is 36.4 Å². The highest BCUT2D eigenvalue weighted by molar-refractivity contribution is 5.93. The number of nitrogens with two attached hydrogens (primary N) is 1. The van der Waals surface area contributed by atoms with Gasteiger partial charge in [0.15, 0.2) is 0 Å². The maximum absolute atomic E-state index is 11.1. The van der Waals surface area contributed by atoms with Gasteiger partial charge in [-0.2, -0.15) is 15.6 Å². The molecule has 3 rings (SSSR count). The highest BCUT2D eigenvalue weighted by Gasteiger charge is 2.16. The van der Waals surface area contributed by atoms with Crippen LogP contribution < -0.4 is 11.2 Å². The minimum absolute atomic E-state index is 0.0588. The summed E-state index contributed by atoms with van der Waals surface area (Å²) in [5, 5.41) is 34.2. The Kier molecular flexibility index (Phi) is 5.48. The minimum Gasteiger partial charge on any atom is -0.397 e. The summed E-state index contributed by atoms with van der Waals surface area (Å²) in [5.41, 5.74) is 10.8. The Balaban J connectivity index is 2.05. The van der Waals surface area contributed by atoms with E-state index in [4.69, 9.17) is 5.73 Å². The first-order valence-corrected chi connectivity index (χ1v) is 8.41. The Labute approximate surface area is 166 Å². The van der Waals surface area contributed by atoms with Gasteiger partial charge in [0, 0.05) is 17.2 Å². The topological polar surface area (TPSA) is 141 Å². The molecule has 0 bridgehead atoms. The molecule has 3 N–H and O–H groups in total. The summed E-state index contributed by atoms with van der Waals surface area (Å²) in [7, 11) is 0. The molecule has 140 valence electrons. The van der Waals surface area contributed by atoms with Crippen molar-refractivity contribution in [3.63, 3.8) is 0 Å². The Morgan fingerprint density at radius 1 is 1.03 bits per heavy atom. The predicted molar refractivity (Wildman–Crippen MR) is 110 cm³/mol. The number of nitrogens with one attached hydrogen (secondary N) is 1. The fourth-order valence-electron chi connectivity index (χ4n) is 2.82. The van der Waals surface area contributed by atoms with Gasteiger partial charge >= 0.3 is 0 Å². The number of nitro benzene ring substituents is 1. The molecule has 0 fully saturated rings. The van der Waals surface area contributed by atoms with E-state index >= 15 is 0 Å². The number of para-hydroxylation sites is 2. The summed E-state index contributed by atoms with van der Waals surface area (Å²) < 4.78 is 0. The van der Waals surface area contributed by atoms with E-state index in [0.29, 0.717) is 11.1 Å². The van der Waals surface area contributed by atoms with Gasteiger partial charge in [-0.3, -0.25) is 15.5 Å². The van der Waals surface area contributed by atoms with Gasteiger partial charge in [-0.05, 0) is 17.7 Å². The summed E-state index contributed by atoms with van der Waals surface area (Å²) in [6.45, 7) is 0. The predicted octanol–water partition coefficient (Wildman–Crippen LogP) is 4.03. The van der Waals surface area contributed by atoms with E-state index in [1.54, 1.807) is 18.2 Å². The lowest BCUT2D eigenvalue weighted by molar-refractivity contribution is -0.384. The van der Waals surface area contributed by atoms with Crippen molar-refractivity contribution >= 4 is 23.3 Å². The first kappa shape index (κ1) is 19.1. The highest BCUT2D eigenvalue weighted by Crippen LogP contribution is 2.32. The zero-order valence-electron chi connectivity index (χ0n) is 15.0. The molecule has 8 heteroatoms. The molecular weight excluding hydrogens is 368 g/mol. The molecular formula is C21H14N6O2. The van der Waals surface area contributed by atoms with Crippen LogP contribution in [0.2, 0.25) is 0 Å². The van der Waals surface area contributed by atoms with E-state index in [0.717, 1.165) is 5.56 Å². The number of nitrogens with zero attached hydrogens (tertiary/aromatic N) is 4. The second-order valence-electron chi connectivity index (χ2n) is 5.91. The smallest absolute Gasteiger partial charge is 0.294 e. The molecule has 0 radical (unpaired) electrons. The molecule has 0 aliphatic carbocycles. The van der Waals surface area contributed by atoms with Gasteiger partial charge in [0.2, 0.25) is 0 Å². The second kappa shape index (κ2) is 8.33. The van der Waals surface area contributed by atoms with Crippen molar-refractivity contribution in [1.29, 1.82) is 10.5 Å². The van der Waals surface area contributed by atoms with E-state index in [9.17, 15) is 20.6 Å². The molecule has 0 saturated heterocycles. The van der Waals surface area contributed by atoms with Crippen LogP contribution in [0.25, 0.3) is 11.1 Å². The highest BCUT2D eigenvalue weighted by atomic mass is 16.6. The third kappa shape index (κ3) is 3.87. The van der Waals surface area contributed by atoms with Crippen molar-refractivity contribution < 1.29 is 4.92 Å². The van der Waals surface area contributed by atoms with E-state index in [2.05, 4.69) is 16.6 Å². The Morgan fingerprint density at radius 2 is 1.69 bits per heavy atom. The average Bonchev–Trinajstić information content (AvgIpc) is 2.74. The van der Waals surface area contributed by atoms with Crippen molar-refractivity contribution in [2.75, 3.05) is 11.2 Å². The van der Waals surface area contributed by atoms with Crippen LogP contribution in [-0.2, 0) is 0 Å². The molecule has 0 saturated carbocycles. The SMILES string of the molecule is N#Cc1c(/C=N/Nc2ccccc2[N+](=O)[O-])cc(-c2ccccc2)c(C#N)c1N. The number of nitriles is 2. The van der Waals surface area contributed by atoms with Crippen molar-refractivity contribution in [3.8, 4) is 23.3 Å². The van der Waals surface area contributed by atoms with Gasteiger partial charge < -0.3 is 5.73 Å². The molecule has 0 spiro atoms. The molecule has 0 aliphatic rings. The van der Waals surface area contributed by atoms with Crippen LogP contribution in [0.5, 0.6) is 0 Å². The fourth-order valence-corrected chi connectivity index (χ4v) is 2.82. The molecule has 0 unspecified atom stereocenters. The molecule has 0 aromatic heterocycles. The van der Waals surface area contributed by atoms with E-state index < -0.39 is 4.92 Å². The molecule has 8 nitrogen and oxygen atoms in total. The third-order valence-corrected chi connectivity index (χ3v) is 4.19. The number of hydrogen-bond donors (Lipinski definition) is 2. The lowest BCUT2D eigenvalue weighted by Gasteiger charge is -2.11. The number of hydrogen-bond acceptors (Lipinski definition) is 7. The van der Waals surface area contributed by atoms with Gasteiger partial charge in [-0.1, -0.05) is 42.5 Å². The summed E-state index contributed by atoms with van der Waals surface area (Å²) in [4.78, 5) is 10.6. The molecule has 0 amide bonds.